The molecule has 0 amide bonds. The highest BCUT2D eigenvalue weighted by Crippen LogP contribution is 2.43. The quantitative estimate of drug-likeness (QED) is 0.177. The second-order valence-electron chi connectivity index (χ2n) is 14.4. The maximum absolute atomic E-state index is 6.31. The summed E-state index contributed by atoms with van der Waals surface area (Å²) in [5.74, 6) is 1.80. The summed E-state index contributed by atoms with van der Waals surface area (Å²) in [6.07, 6.45) is 0. The van der Waals surface area contributed by atoms with Crippen LogP contribution in [0.5, 0.6) is 0 Å². The van der Waals surface area contributed by atoms with Gasteiger partial charge in [0.2, 0.25) is 5.95 Å². The molecule has 0 fully saturated rings. The van der Waals surface area contributed by atoms with Gasteiger partial charge in [0.15, 0.2) is 11.6 Å². The molecule has 12 aromatic rings. The number of nitrogens with zero attached hydrogens (tertiary/aromatic N) is 5. The zero-order valence-corrected chi connectivity index (χ0v) is 30.5. The van der Waals surface area contributed by atoms with Crippen LogP contribution in [0.4, 0.5) is 0 Å². The van der Waals surface area contributed by atoms with Crippen molar-refractivity contribution in [3.8, 4) is 45.5 Å². The fourth-order valence-corrected chi connectivity index (χ4v) is 8.70. The fourth-order valence-electron chi connectivity index (χ4n) is 8.70. The van der Waals surface area contributed by atoms with E-state index in [4.69, 9.17) is 19.4 Å². The Bertz CT molecular complexity index is 3470. The summed E-state index contributed by atoms with van der Waals surface area (Å²) in [4.78, 5) is 15.6. The van der Waals surface area contributed by atoms with Crippen molar-refractivity contribution >= 4 is 65.6 Å². The standard InChI is InChI=1S/C51H31N5O/c1-3-15-32(16-4-1)49-52-50(33-17-5-2-6-18-33)54-51(53-49)56-43-26-11-8-22-38(43)40-30-29-39-37-21-7-10-25-42(37)55(47(39)48(40)56)35-20-13-19-34(31-35)36-24-14-28-45-46(36)41-23-9-12-27-44(41)57-45/h1-31H. The van der Waals surface area contributed by atoms with Crippen LogP contribution in [0.2, 0.25) is 0 Å². The molecule has 6 nitrogen and oxygen atoms in total. The van der Waals surface area contributed by atoms with E-state index in [1.165, 1.54) is 5.39 Å². The summed E-state index contributed by atoms with van der Waals surface area (Å²) in [5, 5.41) is 6.80. The van der Waals surface area contributed by atoms with Gasteiger partial charge >= 0.3 is 0 Å². The van der Waals surface area contributed by atoms with Crippen molar-refractivity contribution in [3.63, 3.8) is 0 Å². The Morgan fingerprint density at radius 1 is 0.368 bits per heavy atom. The molecule has 4 aromatic heterocycles. The normalized spacial score (nSPS) is 11.9. The van der Waals surface area contributed by atoms with Gasteiger partial charge in [-0.1, -0.05) is 152 Å². The highest BCUT2D eigenvalue weighted by atomic mass is 16.3. The number of rotatable bonds is 5. The van der Waals surface area contributed by atoms with Gasteiger partial charge in [-0.25, -0.2) is 4.98 Å². The molecular weight excluding hydrogens is 699 g/mol. The van der Waals surface area contributed by atoms with Crippen LogP contribution in [-0.2, 0) is 0 Å². The summed E-state index contributed by atoms with van der Waals surface area (Å²) >= 11 is 0. The fraction of sp³-hybridized carbons (Fsp3) is 0. The van der Waals surface area contributed by atoms with E-state index in [1.54, 1.807) is 0 Å². The average Bonchev–Trinajstić information content (AvgIpc) is 3.95. The molecule has 266 valence electrons. The van der Waals surface area contributed by atoms with Crippen LogP contribution in [-0.4, -0.2) is 24.1 Å². The molecule has 0 atom stereocenters. The van der Waals surface area contributed by atoms with Crippen molar-refractivity contribution in [3.05, 3.63) is 188 Å². The van der Waals surface area contributed by atoms with E-state index >= 15 is 0 Å². The number of para-hydroxylation sites is 3. The molecule has 0 spiro atoms. The monoisotopic (exact) mass is 729 g/mol. The van der Waals surface area contributed by atoms with Gasteiger partial charge in [0.05, 0.1) is 22.1 Å². The molecule has 0 aliphatic carbocycles. The second-order valence-corrected chi connectivity index (χ2v) is 14.4. The Hall–Kier alpha value is -7.83. The molecule has 0 saturated carbocycles. The molecule has 0 N–H and O–H groups in total. The first-order chi connectivity index (χ1) is 28.3. The van der Waals surface area contributed by atoms with Gasteiger partial charge < -0.3 is 8.98 Å². The maximum atomic E-state index is 6.31. The predicted molar refractivity (Wildman–Crippen MR) is 232 cm³/mol. The Labute approximate surface area is 326 Å². The summed E-state index contributed by atoms with van der Waals surface area (Å²) in [5.41, 5.74) is 11.2. The Morgan fingerprint density at radius 3 is 1.58 bits per heavy atom. The molecule has 57 heavy (non-hydrogen) atoms. The largest absolute Gasteiger partial charge is 0.456 e. The number of benzene rings is 8. The number of hydrogen-bond acceptors (Lipinski definition) is 4. The molecule has 0 saturated heterocycles. The first-order valence-electron chi connectivity index (χ1n) is 19.1. The summed E-state index contributed by atoms with van der Waals surface area (Å²) in [6.45, 7) is 0. The molecule has 4 heterocycles. The highest BCUT2D eigenvalue weighted by Gasteiger charge is 2.24. The van der Waals surface area contributed by atoms with Crippen LogP contribution in [0.15, 0.2) is 192 Å². The molecule has 0 bridgehead atoms. The minimum atomic E-state index is 0.561. The Kier molecular flexibility index (Phi) is 6.83. The third-order valence-electron chi connectivity index (χ3n) is 11.2. The number of furan rings is 1. The highest BCUT2D eigenvalue weighted by molar-refractivity contribution is 6.24. The van der Waals surface area contributed by atoms with Crippen molar-refractivity contribution in [2.75, 3.05) is 0 Å². The van der Waals surface area contributed by atoms with E-state index in [0.29, 0.717) is 17.6 Å². The van der Waals surface area contributed by atoms with Crippen molar-refractivity contribution < 1.29 is 4.42 Å². The summed E-state index contributed by atoms with van der Waals surface area (Å²) < 4.78 is 11.0. The second kappa shape index (κ2) is 12.3. The smallest absolute Gasteiger partial charge is 0.238 e. The van der Waals surface area contributed by atoms with Crippen LogP contribution in [0, 0.1) is 0 Å². The van der Waals surface area contributed by atoms with Crippen LogP contribution in [0.3, 0.4) is 0 Å². The zero-order valence-electron chi connectivity index (χ0n) is 30.5. The minimum Gasteiger partial charge on any atom is -0.456 e. The lowest BCUT2D eigenvalue weighted by Gasteiger charge is -2.14. The van der Waals surface area contributed by atoms with Crippen LogP contribution in [0.1, 0.15) is 0 Å². The van der Waals surface area contributed by atoms with Crippen LogP contribution in [0.25, 0.3) is 111 Å². The molecule has 6 heteroatoms. The lowest BCUT2D eigenvalue weighted by molar-refractivity contribution is 0.669. The van der Waals surface area contributed by atoms with Gasteiger partial charge in [-0.15, -0.1) is 0 Å². The van der Waals surface area contributed by atoms with E-state index in [1.807, 2.05) is 48.5 Å². The van der Waals surface area contributed by atoms with E-state index in [-0.39, 0.29) is 0 Å². The van der Waals surface area contributed by atoms with Gasteiger partial charge in [-0.3, -0.25) is 4.57 Å². The van der Waals surface area contributed by atoms with Crippen molar-refractivity contribution in [1.82, 2.24) is 24.1 Å². The molecular formula is C51H31N5O. The van der Waals surface area contributed by atoms with Gasteiger partial charge in [-0.2, -0.15) is 9.97 Å². The Balaban J connectivity index is 1.19. The first-order valence-corrected chi connectivity index (χ1v) is 19.1. The van der Waals surface area contributed by atoms with Gasteiger partial charge in [0, 0.05) is 49.1 Å². The lowest BCUT2D eigenvalue weighted by Crippen LogP contribution is -2.07. The number of fused-ring (bicyclic) bond motifs is 10. The molecule has 12 rings (SSSR count). The first kappa shape index (κ1) is 31.5. The van der Waals surface area contributed by atoms with E-state index < -0.39 is 0 Å². The number of hydrogen-bond donors (Lipinski definition) is 0. The van der Waals surface area contributed by atoms with E-state index in [2.05, 4.69) is 149 Å². The molecule has 0 unspecified atom stereocenters. The third kappa shape index (κ3) is 4.81. The SMILES string of the molecule is c1ccc(-c2nc(-c3ccccc3)nc(-n3c4ccccc4c4ccc5c6ccccc6n(-c6cccc(-c7cccc8oc9ccccc9c78)c6)c5c43)n2)cc1. The van der Waals surface area contributed by atoms with Gasteiger partial charge in [0.1, 0.15) is 11.2 Å². The predicted octanol–water partition coefficient (Wildman–Crippen LogP) is 13.0. The van der Waals surface area contributed by atoms with Crippen molar-refractivity contribution in [1.29, 1.82) is 0 Å². The maximum Gasteiger partial charge on any atom is 0.238 e. The zero-order chi connectivity index (χ0) is 37.5. The molecule has 0 aliphatic heterocycles. The van der Waals surface area contributed by atoms with Crippen LogP contribution < -0.4 is 0 Å². The van der Waals surface area contributed by atoms with Gasteiger partial charge in [-0.05, 0) is 47.5 Å². The summed E-state index contributed by atoms with van der Waals surface area (Å²) in [6, 6.07) is 65.6. The van der Waals surface area contributed by atoms with Crippen molar-refractivity contribution in [2.45, 2.75) is 0 Å². The molecule has 0 radical (unpaired) electrons. The van der Waals surface area contributed by atoms with E-state index in [9.17, 15) is 0 Å². The van der Waals surface area contributed by atoms with Crippen molar-refractivity contribution in [2.24, 2.45) is 0 Å². The third-order valence-corrected chi connectivity index (χ3v) is 11.2. The molecule has 0 aliphatic rings. The topological polar surface area (TPSA) is 61.7 Å². The lowest BCUT2D eigenvalue weighted by atomic mass is 9.99. The molecule has 8 aromatic carbocycles. The van der Waals surface area contributed by atoms with Crippen LogP contribution >= 0.6 is 0 Å². The average molecular weight is 730 g/mol. The van der Waals surface area contributed by atoms with E-state index in [0.717, 1.165) is 88.1 Å². The number of aromatic nitrogens is 5. The minimum absolute atomic E-state index is 0.561. The summed E-state index contributed by atoms with van der Waals surface area (Å²) in [7, 11) is 0. The Morgan fingerprint density at radius 2 is 0.895 bits per heavy atom. The van der Waals surface area contributed by atoms with Gasteiger partial charge in [0.25, 0.3) is 0 Å².